The Morgan fingerprint density at radius 3 is 2.62 bits per heavy atom. The van der Waals surface area contributed by atoms with Crippen LogP contribution in [0.25, 0.3) is 10.8 Å². The minimum Gasteiger partial charge on any atom is -0.356 e. The topological polar surface area (TPSA) is 16.1 Å². The van der Waals surface area contributed by atoms with E-state index in [9.17, 15) is 0 Å². The third-order valence-corrected chi connectivity index (χ3v) is 5.31. The van der Waals surface area contributed by atoms with Crippen LogP contribution in [0.2, 0.25) is 0 Å². The van der Waals surface area contributed by atoms with Gasteiger partial charge < -0.3 is 4.90 Å². The summed E-state index contributed by atoms with van der Waals surface area (Å²) in [6.07, 6.45) is 3.74. The molecule has 0 unspecified atom stereocenters. The first kappa shape index (κ1) is 14.6. The molecule has 1 aromatic heterocycles. The van der Waals surface area contributed by atoms with Gasteiger partial charge in [0, 0.05) is 18.5 Å². The third kappa shape index (κ3) is 2.87. The standard InChI is InChI=1S/C18H23ClN2/c1-3-18(2)8-10-21(11-9-18)17-16-7-5-4-6-14(16)12-15(13-19)20-17/h4-7,12H,3,8-11,13H2,1-2H3. The van der Waals surface area contributed by atoms with Gasteiger partial charge in [0.15, 0.2) is 0 Å². The summed E-state index contributed by atoms with van der Waals surface area (Å²) in [5.74, 6) is 1.58. The molecule has 0 amide bonds. The smallest absolute Gasteiger partial charge is 0.136 e. The molecule has 1 aliphatic rings. The summed E-state index contributed by atoms with van der Waals surface area (Å²) in [5.41, 5.74) is 1.46. The number of piperidine rings is 1. The van der Waals surface area contributed by atoms with Crippen LogP contribution in [0.3, 0.4) is 0 Å². The summed E-state index contributed by atoms with van der Waals surface area (Å²) in [5, 5.41) is 2.48. The number of anilines is 1. The molecule has 1 saturated heterocycles. The van der Waals surface area contributed by atoms with Gasteiger partial charge in [-0.15, -0.1) is 11.6 Å². The summed E-state index contributed by atoms with van der Waals surface area (Å²) in [6.45, 7) is 6.89. The molecule has 3 rings (SSSR count). The molecule has 21 heavy (non-hydrogen) atoms. The van der Waals surface area contributed by atoms with Crippen LogP contribution in [0, 0.1) is 5.41 Å². The summed E-state index contributed by atoms with van der Waals surface area (Å²) in [4.78, 5) is 7.25. The van der Waals surface area contributed by atoms with Crippen molar-refractivity contribution in [3.63, 3.8) is 0 Å². The lowest BCUT2D eigenvalue weighted by atomic mass is 9.78. The number of rotatable bonds is 3. The molecule has 2 heterocycles. The maximum atomic E-state index is 6.02. The first-order chi connectivity index (χ1) is 10.1. The second-order valence-corrected chi connectivity index (χ2v) is 6.71. The molecule has 1 fully saturated rings. The normalized spacial score (nSPS) is 18.1. The lowest BCUT2D eigenvalue weighted by Gasteiger charge is -2.39. The van der Waals surface area contributed by atoms with Crippen molar-refractivity contribution in [3.05, 3.63) is 36.0 Å². The Morgan fingerprint density at radius 2 is 1.95 bits per heavy atom. The number of fused-ring (bicyclic) bond motifs is 1. The average Bonchev–Trinajstić information content (AvgIpc) is 2.54. The third-order valence-electron chi connectivity index (χ3n) is 5.03. The van der Waals surface area contributed by atoms with E-state index in [0.717, 1.165) is 24.6 Å². The molecule has 2 nitrogen and oxygen atoms in total. The Kier molecular flexibility index (Phi) is 4.08. The zero-order valence-electron chi connectivity index (χ0n) is 12.9. The Hall–Kier alpha value is -1.28. The second-order valence-electron chi connectivity index (χ2n) is 6.44. The molecule has 0 N–H and O–H groups in total. The summed E-state index contributed by atoms with van der Waals surface area (Å²) in [7, 11) is 0. The molecule has 0 radical (unpaired) electrons. The molecule has 2 aromatic rings. The minimum atomic E-state index is 0.471. The highest BCUT2D eigenvalue weighted by Gasteiger charge is 2.29. The van der Waals surface area contributed by atoms with E-state index in [2.05, 4.69) is 49.1 Å². The van der Waals surface area contributed by atoms with E-state index in [1.807, 2.05) is 0 Å². The first-order valence-corrected chi connectivity index (χ1v) is 8.38. The second kappa shape index (κ2) is 5.84. The van der Waals surface area contributed by atoms with Crippen LogP contribution in [0.5, 0.6) is 0 Å². The zero-order chi connectivity index (χ0) is 14.9. The van der Waals surface area contributed by atoms with Crippen LogP contribution in [-0.4, -0.2) is 18.1 Å². The molecule has 1 aliphatic heterocycles. The van der Waals surface area contributed by atoms with Crippen LogP contribution in [0.4, 0.5) is 5.82 Å². The van der Waals surface area contributed by atoms with E-state index in [1.165, 1.54) is 30.0 Å². The number of benzene rings is 1. The molecule has 1 aromatic carbocycles. The molecular formula is C18H23ClN2. The van der Waals surface area contributed by atoms with E-state index in [1.54, 1.807) is 0 Å². The summed E-state index contributed by atoms with van der Waals surface area (Å²) in [6, 6.07) is 10.6. The van der Waals surface area contributed by atoms with Gasteiger partial charge in [0.2, 0.25) is 0 Å². The van der Waals surface area contributed by atoms with Gasteiger partial charge in [0.05, 0.1) is 11.6 Å². The monoisotopic (exact) mass is 302 g/mol. The van der Waals surface area contributed by atoms with E-state index in [0.29, 0.717) is 11.3 Å². The van der Waals surface area contributed by atoms with Gasteiger partial charge in [-0.3, -0.25) is 0 Å². The highest BCUT2D eigenvalue weighted by atomic mass is 35.5. The van der Waals surface area contributed by atoms with Gasteiger partial charge in [0.25, 0.3) is 0 Å². The molecule has 0 atom stereocenters. The van der Waals surface area contributed by atoms with Crippen molar-refractivity contribution < 1.29 is 0 Å². The van der Waals surface area contributed by atoms with Crippen molar-refractivity contribution in [2.24, 2.45) is 5.41 Å². The number of hydrogen-bond donors (Lipinski definition) is 0. The van der Waals surface area contributed by atoms with Crippen molar-refractivity contribution in [2.75, 3.05) is 18.0 Å². The number of hydrogen-bond acceptors (Lipinski definition) is 2. The van der Waals surface area contributed by atoms with E-state index in [-0.39, 0.29) is 0 Å². The van der Waals surface area contributed by atoms with Crippen LogP contribution >= 0.6 is 11.6 Å². The fourth-order valence-electron chi connectivity index (χ4n) is 3.16. The quantitative estimate of drug-likeness (QED) is 0.743. The maximum absolute atomic E-state index is 6.02. The Balaban J connectivity index is 1.97. The van der Waals surface area contributed by atoms with E-state index < -0.39 is 0 Å². The molecule has 0 bridgehead atoms. The molecule has 0 saturated carbocycles. The molecule has 3 heteroatoms. The summed E-state index contributed by atoms with van der Waals surface area (Å²) < 4.78 is 0. The first-order valence-electron chi connectivity index (χ1n) is 7.85. The minimum absolute atomic E-state index is 0.471. The Morgan fingerprint density at radius 1 is 1.24 bits per heavy atom. The maximum Gasteiger partial charge on any atom is 0.136 e. The molecule has 112 valence electrons. The molecular weight excluding hydrogens is 280 g/mol. The number of aromatic nitrogens is 1. The SMILES string of the molecule is CCC1(C)CCN(c2nc(CCl)cc3ccccc23)CC1. The van der Waals surface area contributed by atoms with Crippen molar-refractivity contribution >= 4 is 28.2 Å². The largest absolute Gasteiger partial charge is 0.356 e. The van der Waals surface area contributed by atoms with Gasteiger partial charge in [-0.1, -0.05) is 44.5 Å². The number of nitrogens with zero attached hydrogens (tertiary/aromatic N) is 2. The molecule has 0 spiro atoms. The molecule has 0 aliphatic carbocycles. The van der Waals surface area contributed by atoms with Crippen LogP contribution in [0.1, 0.15) is 38.8 Å². The van der Waals surface area contributed by atoms with Crippen molar-refractivity contribution in [1.82, 2.24) is 4.98 Å². The van der Waals surface area contributed by atoms with Gasteiger partial charge in [-0.05, 0) is 29.7 Å². The van der Waals surface area contributed by atoms with Crippen molar-refractivity contribution in [1.29, 1.82) is 0 Å². The number of pyridine rings is 1. The highest BCUT2D eigenvalue weighted by molar-refractivity contribution is 6.17. The zero-order valence-corrected chi connectivity index (χ0v) is 13.7. The number of alkyl halides is 1. The Labute approximate surface area is 132 Å². The fourth-order valence-corrected chi connectivity index (χ4v) is 3.29. The van der Waals surface area contributed by atoms with E-state index in [4.69, 9.17) is 16.6 Å². The van der Waals surface area contributed by atoms with Gasteiger partial charge >= 0.3 is 0 Å². The van der Waals surface area contributed by atoms with Crippen LogP contribution < -0.4 is 4.90 Å². The van der Waals surface area contributed by atoms with Gasteiger partial charge in [-0.2, -0.15) is 0 Å². The van der Waals surface area contributed by atoms with Gasteiger partial charge in [0.1, 0.15) is 5.82 Å². The van der Waals surface area contributed by atoms with Crippen LogP contribution in [0.15, 0.2) is 30.3 Å². The van der Waals surface area contributed by atoms with E-state index >= 15 is 0 Å². The highest BCUT2D eigenvalue weighted by Crippen LogP contribution is 2.37. The summed E-state index contributed by atoms with van der Waals surface area (Å²) >= 11 is 6.02. The number of halogens is 1. The van der Waals surface area contributed by atoms with Crippen molar-refractivity contribution in [2.45, 2.75) is 39.0 Å². The predicted molar refractivity (Wildman–Crippen MR) is 91.1 cm³/mol. The van der Waals surface area contributed by atoms with Crippen molar-refractivity contribution in [3.8, 4) is 0 Å². The Bertz CT molecular complexity index is 630. The fraction of sp³-hybridized carbons (Fsp3) is 0.500. The average molecular weight is 303 g/mol. The van der Waals surface area contributed by atoms with Crippen LogP contribution in [-0.2, 0) is 5.88 Å². The lowest BCUT2D eigenvalue weighted by molar-refractivity contribution is 0.238. The predicted octanol–water partition coefficient (Wildman–Crippen LogP) is 4.99. The van der Waals surface area contributed by atoms with Gasteiger partial charge in [-0.25, -0.2) is 4.98 Å². The lowest BCUT2D eigenvalue weighted by Crippen LogP contribution is -2.39.